The van der Waals surface area contributed by atoms with Gasteiger partial charge in [-0.15, -0.1) is 0 Å². The zero-order valence-electron chi connectivity index (χ0n) is 14.0. The normalized spacial score (nSPS) is 30.9. The van der Waals surface area contributed by atoms with Crippen LogP contribution < -0.4 is 14.2 Å². The van der Waals surface area contributed by atoms with Crippen LogP contribution in [0.15, 0.2) is 17.7 Å². The van der Waals surface area contributed by atoms with Gasteiger partial charge < -0.3 is 19.3 Å². The number of fused-ring (bicyclic) bond motifs is 2. The summed E-state index contributed by atoms with van der Waals surface area (Å²) in [6.07, 6.45) is 6.64. The van der Waals surface area contributed by atoms with Crippen molar-refractivity contribution in [3.8, 4) is 17.2 Å². The summed E-state index contributed by atoms with van der Waals surface area (Å²) in [4.78, 5) is 2.56. The highest BCUT2D eigenvalue weighted by Crippen LogP contribution is 2.56. The Morgan fingerprint density at radius 3 is 3.08 bits per heavy atom. The molecule has 5 nitrogen and oxygen atoms in total. The maximum atomic E-state index is 10.5. The van der Waals surface area contributed by atoms with E-state index in [-0.39, 0.29) is 18.4 Å². The molecular weight excluding hydrogens is 306 g/mol. The molecule has 3 heterocycles. The maximum Gasteiger partial charge on any atom is 0.231 e. The molecule has 0 unspecified atom stereocenters. The second-order valence-electron chi connectivity index (χ2n) is 7.19. The summed E-state index contributed by atoms with van der Waals surface area (Å²) in [7, 11) is 1.71. The average molecular weight is 329 g/mol. The van der Waals surface area contributed by atoms with Crippen molar-refractivity contribution in [3.05, 3.63) is 28.8 Å². The summed E-state index contributed by atoms with van der Waals surface area (Å²) in [5.74, 6) is 2.33. The molecule has 3 aliphatic heterocycles. The van der Waals surface area contributed by atoms with Crippen LogP contribution in [-0.4, -0.2) is 43.1 Å². The molecule has 1 aromatic carbocycles. The molecule has 1 aliphatic carbocycles. The van der Waals surface area contributed by atoms with E-state index in [1.807, 2.05) is 0 Å². The first-order chi connectivity index (χ1) is 11.7. The molecule has 4 aliphatic rings. The Bertz CT molecular complexity index is 729. The second-order valence-corrected chi connectivity index (χ2v) is 7.19. The third kappa shape index (κ3) is 1.77. The third-order valence-corrected chi connectivity index (χ3v) is 6.12. The molecule has 1 aromatic rings. The molecule has 0 saturated carbocycles. The molecule has 1 fully saturated rings. The first kappa shape index (κ1) is 14.6. The van der Waals surface area contributed by atoms with E-state index in [0.29, 0.717) is 0 Å². The minimum Gasteiger partial charge on any atom is -0.492 e. The first-order valence-electron chi connectivity index (χ1n) is 8.86. The van der Waals surface area contributed by atoms with Gasteiger partial charge in [-0.2, -0.15) is 0 Å². The number of aliphatic hydroxyl groups excluding tert-OH is 1. The molecule has 5 heteroatoms. The predicted octanol–water partition coefficient (Wildman–Crippen LogP) is 2.35. The Morgan fingerprint density at radius 2 is 2.21 bits per heavy atom. The minimum absolute atomic E-state index is 0.197. The highest BCUT2D eigenvalue weighted by Gasteiger charge is 2.51. The van der Waals surface area contributed by atoms with Crippen molar-refractivity contribution in [2.24, 2.45) is 0 Å². The molecule has 0 aromatic heterocycles. The monoisotopic (exact) mass is 329 g/mol. The van der Waals surface area contributed by atoms with Crippen molar-refractivity contribution in [2.75, 3.05) is 27.0 Å². The van der Waals surface area contributed by atoms with Gasteiger partial charge in [0, 0.05) is 18.5 Å². The van der Waals surface area contributed by atoms with E-state index in [1.54, 1.807) is 7.11 Å². The van der Waals surface area contributed by atoms with Crippen molar-refractivity contribution >= 4 is 0 Å². The van der Waals surface area contributed by atoms with Crippen LogP contribution in [0.3, 0.4) is 0 Å². The number of hydrogen-bond donors (Lipinski definition) is 1. The van der Waals surface area contributed by atoms with Crippen molar-refractivity contribution in [1.29, 1.82) is 0 Å². The molecule has 24 heavy (non-hydrogen) atoms. The van der Waals surface area contributed by atoms with Crippen LogP contribution >= 0.6 is 0 Å². The smallest absolute Gasteiger partial charge is 0.231 e. The van der Waals surface area contributed by atoms with Gasteiger partial charge in [0.05, 0.1) is 18.8 Å². The van der Waals surface area contributed by atoms with E-state index in [4.69, 9.17) is 14.2 Å². The zero-order valence-corrected chi connectivity index (χ0v) is 14.0. The average Bonchev–Trinajstić information content (AvgIpc) is 3.15. The summed E-state index contributed by atoms with van der Waals surface area (Å²) in [5, 5.41) is 10.5. The molecule has 1 saturated heterocycles. The molecule has 1 spiro atoms. The van der Waals surface area contributed by atoms with Crippen LogP contribution in [0.4, 0.5) is 0 Å². The van der Waals surface area contributed by atoms with E-state index in [2.05, 4.69) is 17.0 Å². The van der Waals surface area contributed by atoms with E-state index in [0.717, 1.165) is 62.4 Å². The van der Waals surface area contributed by atoms with Gasteiger partial charge in [0.2, 0.25) is 12.5 Å². The fraction of sp³-hybridized carbons (Fsp3) is 0.579. The predicted molar refractivity (Wildman–Crippen MR) is 88.6 cm³/mol. The standard InChI is InChI=1S/C19H23NO4/c1-22-17-14-3-2-7-20-8-6-12-4-5-13(21)10-19(12,20)15(14)9-16-18(17)24-11-23-16/h4,9,13,21H,2-3,5-8,10-11H2,1H3/t13-,19-/m0/s1. The number of rotatable bonds is 1. The summed E-state index contributed by atoms with van der Waals surface area (Å²) < 4.78 is 17.1. The summed E-state index contributed by atoms with van der Waals surface area (Å²) in [5.41, 5.74) is 3.74. The van der Waals surface area contributed by atoms with Crippen LogP contribution in [0.2, 0.25) is 0 Å². The van der Waals surface area contributed by atoms with Crippen molar-refractivity contribution in [2.45, 2.75) is 43.7 Å². The fourth-order valence-corrected chi connectivity index (χ4v) is 5.18. The fourth-order valence-electron chi connectivity index (χ4n) is 5.18. The Hall–Kier alpha value is -1.72. The van der Waals surface area contributed by atoms with Gasteiger partial charge in [0.1, 0.15) is 0 Å². The van der Waals surface area contributed by atoms with Gasteiger partial charge in [0.25, 0.3) is 0 Å². The first-order valence-corrected chi connectivity index (χ1v) is 8.86. The summed E-state index contributed by atoms with van der Waals surface area (Å²) in [6, 6.07) is 2.15. The number of ether oxygens (including phenoxy) is 3. The van der Waals surface area contributed by atoms with Gasteiger partial charge >= 0.3 is 0 Å². The Kier molecular flexibility index (Phi) is 3.13. The Morgan fingerprint density at radius 1 is 1.29 bits per heavy atom. The van der Waals surface area contributed by atoms with Crippen LogP contribution in [0.1, 0.15) is 36.8 Å². The van der Waals surface area contributed by atoms with Gasteiger partial charge in [0.15, 0.2) is 11.5 Å². The molecule has 0 radical (unpaired) electrons. The lowest BCUT2D eigenvalue weighted by Gasteiger charge is -2.43. The molecule has 0 amide bonds. The topological polar surface area (TPSA) is 51.2 Å². The lowest BCUT2D eigenvalue weighted by atomic mass is 9.73. The number of methoxy groups -OCH3 is 1. The van der Waals surface area contributed by atoms with Crippen LogP contribution in [0.25, 0.3) is 0 Å². The Labute approximate surface area is 141 Å². The summed E-state index contributed by atoms with van der Waals surface area (Å²) in [6.45, 7) is 2.36. The molecule has 1 N–H and O–H groups in total. The number of aliphatic hydroxyl groups is 1. The number of hydrogen-bond acceptors (Lipinski definition) is 5. The van der Waals surface area contributed by atoms with Crippen LogP contribution in [-0.2, 0) is 12.0 Å². The van der Waals surface area contributed by atoms with E-state index in [1.165, 1.54) is 16.7 Å². The number of benzene rings is 1. The molecule has 5 rings (SSSR count). The zero-order chi connectivity index (χ0) is 16.3. The largest absolute Gasteiger partial charge is 0.492 e. The maximum absolute atomic E-state index is 10.5. The lowest BCUT2D eigenvalue weighted by Crippen LogP contribution is -2.46. The third-order valence-electron chi connectivity index (χ3n) is 6.12. The van der Waals surface area contributed by atoms with Gasteiger partial charge in [-0.1, -0.05) is 6.08 Å². The van der Waals surface area contributed by atoms with E-state index < -0.39 is 0 Å². The van der Waals surface area contributed by atoms with Crippen LogP contribution in [0, 0.1) is 0 Å². The van der Waals surface area contributed by atoms with Gasteiger partial charge in [-0.25, -0.2) is 0 Å². The lowest BCUT2D eigenvalue weighted by molar-refractivity contribution is 0.0672. The number of nitrogens with zero attached hydrogens (tertiary/aromatic N) is 1. The van der Waals surface area contributed by atoms with Crippen LogP contribution in [0.5, 0.6) is 17.2 Å². The van der Waals surface area contributed by atoms with E-state index in [9.17, 15) is 5.11 Å². The highest BCUT2D eigenvalue weighted by molar-refractivity contribution is 5.64. The quantitative estimate of drug-likeness (QED) is 0.802. The van der Waals surface area contributed by atoms with Crippen molar-refractivity contribution in [3.63, 3.8) is 0 Å². The van der Waals surface area contributed by atoms with Crippen molar-refractivity contribution < 1.29 is 19.3 Å². The van der Waals surface area contributed by atoms with E-state index >= 15 is 0 Å². The summed E-state index contributed by atoms with van der Waals surface area (Å²) >= 11 is 0. The highest BCUT2D eigenvalue weighted by atomic mass is 16.7. The van der Waals surface area contributed by atoms with Gasteiger partial charge in [-0.3, -0.25) is 4.90 Å². The minimum atomic E-state index is -0.295. The molecular formula is C19H23NO4. The molecule has 0 bridgehead atoms. The second kappa shape index (κ2) is 5.14. The van der Waals surface area contributed by atoms with Gasteiger partial charge in [-0.05, 0) is 49.4 Å². The van der Waals surface area contributed by atoms with Crippen molar-refractivity contribution in [1.82, 2.24) is 4.90 Å². The molecule has 128 valence electrons. The SMILES string of the molecule is COc1c2c(cc3c1OCO3)[C@]13C[C@@H](O)CC=C1CCN3CCC2. The molecule has 2 atom stereocenters. The Balaban J connectivity index is 1.80.